The van der Waals surface area contributed by atoms with E-state index in [1.165, 1.54) is 6.07 Å². The lowest BCUT2D eigenvalue weighted by atomic mass is 9.98. The summed E-state index contributed by atoms with van der Waals surface area (Å²) in [6.45, 7) is 4.81. The Kier molecular flexibility index (Phi) is 6.11. The number of ether oxygens (including phenoxy) is 1. The monoisotopic (exact) mass is 485 g/mol. The predicted octanol–water partition coefficient (Wildman–Crippen LogP) is 3.59. The molecule has 3 atom stereocenters. The van der Waals surface area contributed by atoms with E-state index in [-0.39, 0.29) is 53.7 Å². The number of fused-ring (bicyclic) bond motifs is 2. The average molecular weight is 486 g/mol. The van der Waals surface area contributed by atoms with Crippen LogP contribution in [0.1, 0.15) is 77.7 Å². The molecule has 2 unspecified atom stereocenters. The van der Waals surface area contributed by atoms with Crippen molar-refractivity contribution >= 4 is 11.8 Å². The molecule has 0 spiro atoms. The summed E-state index contributed by atoms with van der Waals surface area (Å²) < 4.78 is 35.1. The van der Waals surface area contributed by atoms with Gasteiger partial charge >= 0.3 is 0 Å². The summed E-state index contributed by atoms with van der Waals surface area (Å²) in [6.07, 6.45) is 3.63. The highest BCUT2D eigenvalue weighted by atomic mass is 19.1. The minimum absolute atomic E-state index is 0.0159. The number of nitrogens with zero attached hydrogens (tertiary/aromatic N) is 2. The van der Waals surface area contributed by atoms with E-state index in [9.17, 15) is 23.2 Å². The zero-order valence-corrected chi connectivity index (χ0v) is 19.9. The van der Waals surface area contributed by atoms with Crippen molar-refractivity contribution in [1.29, 1.82) is 0 Å². The van der Waals surface area contributed by atoms with E-state index in [1.807, 2.05) is 16.4 Å². The standard InChI is InChI=1S/C26H29F2N3O4/c1-3-4-9-35-24-22-26(34)30-13-14(2)10-20(30)18-7-8-19(31(18)22)21(23(24)32)25(33)29-12-15-5-6-16(27)11-17(15)28/h5-6,11,14,18,20H,3-4,7-10,12-13H2,1-2H3,(H,29,33)/t14-,18?,20?/m1/s1. The van der Waals surface area contributed by atoms with Gasteiger partial charge in [-0.1, -0.05) is 26.3 Å². The molecule has 35 heavy (non-hydrogen) atoms. The number of halogens is 2. The van der Waals surface area contributed by atoms with Crippen LogP contribution in [-0.2, 0) is 13.0 Å². The SMILES string of the molecule is CCCCOc1c2n3c(c(C(=O)NCc4ccc(F)cc4F)c1=O)CCC3C1C[C@@H](C)CN1C2=O. The summed E-state index contributed by atoms with van der Waals surface area (Å²) in [5.74, 6) is -2.08. The number of benzene rings is 1. The van der Waals surface area contributed by atoms with Gasteiger partial charge < -0.3 is 19.5 Å². The molecule has 3 aliphatic rings. The number of aromatic nitrogens is 1. The van der Waals surface area contributed by atoms with Gasteiger partial charge in [-0.15, -0.1) is 0 Å². The largest absolute Gasteiger partial charge is 0.487 e. The zero-order chi connectivity index (χ0) is 24.9. The zero-order valence-electron chi connectivity index (χ0n) is 19.9. The third-order valence-corrected chi connectivity index (χ3v) is 7.36. The number of rotatable bonds is 7. The third-order valence-electron chi connectivity index (χ3n) is 7.36. The van der Waals surface area contributed by atoms with Crippen LogP contribution in [0.15, 0.2) is 23.0 Å². The van der Waals surface area contributed by atoms with E-state index < -0.39 is 23.0 Å². The Bertz CT molecular complexity index is 1260. The van der Waals surface area contributed by atoms with Gasteiger partial charge in [0.25, 0.3) is 11.8 Å². The van der Waals surface area contributed by atoms with Gasteiger partial charge in [0.05, 0.1) is 18.7 Å². The molecule has 9 heteroatoms. The van der Waals surface area contributed by atoms with Gasteiger partial charge in [0.2, 0.25) is 5.43 Å². The normalized spacial score (nSPS) is 22.2. The first-order valence-corrected chi connectivity index (χ1v) is 12.3. The Morgan fingerprint density at radius 1 is 1.23 bits per heavy atom. The summed E-state index contributed by atoms with van der Waals surface area (Å²) >= 11 is 0. The van der Waals surface area contributed by atoms with Gasteiger partial charge in [-0.25, -0.2) is 8.78 Å². The van der Waals surface area contributed by atoms with Crippen molar-refractivity contribution in [2.24, 2.45) is 5.92 Å². The van der Waals surface area contributed by atoms with Crippen LogP contribution >= 0.6 is 0 Å². The van der Waals surface area contributed by atoms with Crippen molar-refractivity contribution in [2.45, 2.75) is 64.6 Å². The lowest BCUT2D eigenvalue weighted by Crippen LogP contribution is -2.48. The molecular formula is C26H29F2N3O4. The van der Waals surface area contributed by atoms with Crippen LogP contribution in [0.25, 0.3) is 0 Å². The molecule has 2 aromatic rings. The van der Waals surface area contributed by atoms with Crippen molar-refractivity contribution in [1.82, 2.24) is 14.8 Å². The number of carbonyl (C=O) groups is 2. The Morgan fingerprint density at radius 3 is 2.77 bits per heavy atom. The maximum atomic E-state index is 14.1. The number of carbonyl (C=O) groups excluding carboxylic acids is 2. The van der Waals surface area contributed by atoms with Gasteiger partial charge in [-0.3, -0.25) is 14.4 Å². The Morgan fingerprint density at radius 2 is 2.03 bits per heavy atom. The molecule has 186 valence electrons. The molecule has 2 amide bonds. The van der Waals surface area contributed by atoms with E-state index in [4.69, 9.17) is 4.74 Å². The van der Waals surface area contributed by atoms with Gasteiger partial charge in [0.15, 0.2) is 11.4 Å². The smallest absolute Gasteiger partial charge is 0.274 e. The second kappa shape index (κ2) is 9.09. The van der Waals surface area contributed by atoms with Crippen LogP contribution in [0.4, 0.5) is 8.78 Å². The molecule has 7 nitrogen and oxygen atoms in total. The topological polar surface area (TPSA) is 80.6 Å². The molecule has 0 saturated carbocycles. The molecule has 1 aromatic carbocycles. The first-order valence-electron chi connectivity index (χ1n) is 12.3. The van der Waals surface area contributed by atoms with Crippen molar-refractivity contribution in [3.05, 3.63) is 62.6 Å². The molecule has 0 bridgehead atoms. The summed E-state index contributed by atoms with van der Waals surface area (Å²) in [7, 11) is 0. The highest BCUT2D eigenvalue weighted by Crippen LogP contribution is 2.45. The van der Waals surface area contributed by atoms with E-state index in [0.717, 1.165) is 31.4 Å². The fourth-order valence-electron chi connectivity index (χ4n) is 5.74. The van der Waals surface area contributed by atoms with Gasteiger partial charge in [0, 0.05) is 30.4 Å². The van der Waals surface area contributed by atoms with Crippen LogP contribution in [0.2, 0.25) is 0 Å². The molecule has 1 saturated heterocycles. The number of hydrogen-bond acceptors (Lipinski definition) is 4. The number of amides is 2. The average Bonchev–Trinajstić information content (AvgIpc) is 3.41. The lowest BCUT2D eigenvalue weighted by molar-refractivity contribution is 0.0606. The van der Waals surface area contributed by atoms with E-state index in [0.29, 0.717) is 31.0 Å². The molecule has 1 fully saturated rings. The second-order valence-corrected chi connectivity index (χ2v) is 9.79. The van der Waals surface area contributed by atoms with Crippen molar-refractivity contribution in [3.8, 4) is 5.75 Å². The fraction of sp³-hybridized carbons (Fsp3) is 0.500. The summed E-state index contributed by atoms with van der Waals surface area (Å²) in [6, 6.07) is 3.13. The maximum Gasteiger partial charge on any atom is 0.274 e. The number of nitrogens with one attached hydrogen (secondary N) is 1. The van der Waals surface area contributed by atoms with Crippen molar-refractivity contribution < 1.29 is 23.1 Å². The molecule has 0 radical (unpaired) electrons. The second-order valence-electron chi connectivity index (χ2n) is 9.79. The fourth-order valence-corrected chi connectivity index (χ4v) is 5.74. The molecule has 0 aliphatic carbocycles. The minimum atomic E-state index is -0.776. The Hall–Kier alpha value is -3.23. The third kappa shape index (κ3) is 3.90. The predicted molar refractivity (Wildman–Crippen MR) is 125 cm³/mol. The van der Waals surface area contributed by atoms with E-state index in [2.05, 4.69) is 12.2 Å². The highest BCUT2D eigenvalue weighted by molar-refractivity contribution is 6.00. The van der Waals surface area contributed by atoms with Gasteiger partial charge in [-0.2, -0.15) is 0 Å². The molecule has 4 heterocycles. The minimum Gasteiger partial charge on any atom is -0.487 e. The van der Waals surface area contributed by atoms with Gasteiger partial charge in [0.1, 0.15) is 17.2 Å². The van der Waals surface area contributed by atoms with E-state index >= 15 is 0 Å². The first kappa shape index (κ1) is 23.5. The summed E-state index contributed by atoms with van der Waals surface area (Å²) in [4.78, 5) is 42.3. The molecule has 5 rings (SSSR count). The van der Waals surface area contributed by atoms with Gasteiger partial charge in [-0.05, 0) is 37.7 Å². The lowest BCUT2D eigenvalue weighted by Gasteiger charge is -2.38. The molecule has 1 aromatic heterocycles. The van der Waals surface area contributed by atoms with Crippen LogP contribution in [0, 0.1) is 17.6 Å². The number of hydrogen-bond donors (Lipinski definition) is 1. The first-order chi connectivity index (χ1) is 16.8. The Labute approximate surface area is 202 Å². The maximum absolute atomic E-state index is 14.1. The van der Waals surface area contributed by atoms with Crippen LogP contribution in [0.3, 0.4) is 0 Å². The summed E-state index contributed by atoms with van der Waals surface area (Å²) in [5.41, 5.74) is 0.214. The number of pyridine rings is 1. The summed E-state index contributed by atoms with van der Waals surface area (Å²) in [5, 5.41) is 2.61. The van der Waals surface area contributed by atoms with Crippen molar-refractivity contribution in [3.63, 3.8) is 0 Å². The van der Waals surface area contributed by atoms with Crippen LogP contribution in [0.5, 0.6) is 5.75 Å². The quantitative estimate of drug-likeness (QED) is 0.608. The Balaban J connectivity index is 1.56. The molecule has 3 aliphatic heterocycles. The van der Waals surface area contributed by atoms with E-state index in [1.54, 1.807) is 0 Å². The van der Waals surface area contributed by atoms with Crippen LogP contribution in [-0.4, -0.2) is 40.5 Å². The van der Waals surface area contributed by atoms with Crippen LogP contribution < -0.4 is 15.5 Å². The number of unbranched alkanes of at least 4 members (excludes halogenated alkanes) is 1. The molecule has 1 N–H and O–H groups in total. The van der Waals surface area contributed by atoms with Crippen molar-refractivity contribution in [2.75, 3.05) is 13.2 Å². The highest BCUT2D eigenvalue weighted by Gasteiger charge is 2.49. The molecular weight excluding hydrogens is 456 g/mol.